The summed E-state index contributed by atoms with van der Waals surface area (Å²) < 4.78 is 26.3. The Morgan fingerprint density at radius 2 is 1.68 bits per heavy atom. The van der Waals surface area contributed by atoms with Gasteiger partial charge in [-0.15, -0.1) is 0 Å². The summed E-state index contributed by atoms with van der Waals surface area (Å²) in [6.07, 6.45) is 1.32. The maximum Gasteiger partial charge on any atom is 0.244 e. The van der Waals surface area contributed by atoms with E-state index in [4.69, 9.17) is 34.8 Å². The maximum atomic E-state index is 13.6. The van der Waals surface area contributed by atoms with Gasteiger partial charge in [0.15, 0.2) is 0 Å². The van der Waals surface area contributed by atoms with E-state index in [1.807, 2.05) is 0 Å². The highest BCUT2D eigenvalue weighted by atomic mass is 35.5. The molecule has 0 aliphatic rings. The van der Waals surface area contributed by atoms with Gasteiger partial charge in [0, 0.05) is 33.7 Å². The zero-order chi connectivity index (χ0) is 25.6. The van der Waals surface area contributed by atoms with Crippen LogP contribution in [-0.4, -0.2) is 50.5 Å². The van der Waals surface area contributed by atoms with Crippen molar-refractivity contribution in [2.45, 2.75) is 39.8 Å². The monoisotopic (exact) mass is 547 g/mol. The van der Waals surface area contributed by atoms with Crippen molar-refractivity contribution in [1.82, 2.24) is 10.2 Å². The normalized spacial score (nSPS) is 12.2. The molecule has 0 aromatic heterocycles. The summed E-state index contributed by atoms with van der Waals surface area (Å²) in [6, 6.07) is 8.81. The number of rotatable bonds is 10. The lowest BCUT2D eigenvalue weighted by atomic mass is 10.1. The molecule has 0 saturated carbocycles. The van der Waals surface area contributed by atoms with Crippen LogP contribution in [0.2, 0.25) is 15.1 Å². The summed E-state index contributed by atoms with van der Waals surface area (Å²) in [6.45, 7) is 5.05. The van der Waals surface area contributed by atoms with Crippen molar-refractivity contribution in [2.24, 2.45) is 0 Å². The standard InChI is InChI=1S/C23H28Cl3N3O4S/c1-5-20(23(31)27-6-2)28(13-17-18(25)8-7-9-19(17)26)22(30)14-29(34(4,32)33)21-11-10-16(24)12-15(21)3/h7-12,20H,5-6,13-14H2,1-4H3,(H,27,31)/t20-/m1/s1. The molecular formula is C23H28Cl3N3O4S. The molecule has 0 spiro atoms. The minimum absolute atomic E-state index is 0.0653. The van der Waals surface area contributed by atoms with Crippen LogP contribution in [-0.2, 0) is 26.2 Å². The number of amides is 2. The van der Waals surface area contributed by atoms with Crippen LogP contribution >= 0.6 is 34.8 Å². The lowest BCUT2D eigenvalue weighted by Crippen LogP contribution is -2.52. The van der Waals surface area contributed by atoms with Gasteiger partial charge in [-0.3, -0.25) is 13.9 Å². The predicted octanol–water partition coefficient (Wildman–Crippen LogP) is 4.66. The lowest BCUT2D eigenvalue weighted by molar-refractivity contribution is -0.140. The third kappa shape index (κ3) is 7.01. The highest BCUT2D eigenvalue weighted by Crippen LogP contribution is 2.29. The average molecular weight is 549 g/mol. The third-order valence-corrected chi connectivity index (χ3v) is 7.30. The van der Waals surface area contributed by atoms with Gasteiger partial charge in [0.2, 0.25) is 21.8 Å². The van der Waals surface area contributed by atoms with E-state index in [0.717, 1.165) is 10.6 Å². The second-order valence-corrected chi connectivity index (χ2v) is 10.9. The Hall–Kier alpha value is -2.00. The van der Waals surface area contributed by atoms with Crippen molar-refractivity contribution in [3.8, 4) is 0 Å². The van der Waals surface area contributed by atoms with Gasteiger partial charge in [0.05, 0.1) is 11.9 Å². The van der Waals surface area contributed by atoms with Crippen LogP contribution in [0.1, 0.15) is 31.4 Å². The minimum Gasteiger partial charge on any atom is -0.355 e. The molecule has 0 aliphatic heterocycles. The van der Waals surface area contributed by atoms with E-state index < -0.39 is 28.5 Å². The van der Waals surface area contributed by atoms with E-state index in [1.165, 1.54) is 4.90 Å². The topological polar surface area (TPSA) is 86.8 Å². The molecule has 186 valence electrons. The second-order valence-electron chi connectivity index (χ2n) is 7.74. The molecule has 0 unspecified atom stereocenters. The smallest absolute Gasteiger partial charge is 0.244 e. The number of nitrogens with one attached hydrogen (secondary N) is 1. The first-order chi connectivity index (χ1) is 15.9. The Balaban J connectivity index is 2.53. The van der Waals surface area contributed by atoms with Crippen LogP contribution in [0.3, 0.4) is 0 Å². The molecule has 2 aromatic carbocycles. The lowest BCUT2D eigenvalue weighted by Gasteiger charge is -2.33. The van der Waals surface area contributed by atoms with Gasteiger partial charge < -0.3 is 10.2 Å². The molecular weight excluding hydrogens is 521 g/mol. The Labute approximate surface area is 216 Å². The van der Waals surface area contributed by atoms with E-state index in [-0.39, 0.29) is 12.5 Å². The summed E-state index contributed by atoms with van der Waals surface area (Å²) in [4.78, 5) is 27.7. The fraction of sp³-hybridized carbons (Fsp3) is 0.391. The van der Waals surface area contributed by atoms with Gasteiger partial charge in [-0.25, -0.2) is 8.42 Å². The quantitative estimate of drug-likeness (QED) is 0.468. The molecule has 0 heterocycles. The van der Waals surface area contributed by atoms with E-state index in [2.05, 4.69) is 5.32 Å². The van der Waals surface area contributed by atoms with Crippen molar-refractivity contribution in [3.05, 3.63) is 62.6 Å². The number of aryl methyl sites for hydroxylation is 1. The van der Waals surface area contributed by atoms with Gasteiger partial charge in [-0.05, 0) is 56.2 Å². The van der Waals surface area contributed by atoms with Crippen molar-refractivity contribution < 1.29 is 18.0 Å². The van der Waals surface area contributed by atoms with Gasteiger partial charge in [0.25, 0.3) is 0 Å². The predicted molar refractivity (Wildman–Crippen MR) is 138 cm³/mol. The van der Waals surface area contributed by atoms with E-state index in [1.54, 1.807) is 57.2 Å². The maximum absolute atomic E-state index is 13.6. The fourth-order valence-electron chi connectivity index (χ4n) is 3.56. The Bertz CT molecular complexity index is 1140. The molecule has 11 heteroatoms. The summed E-state index contributed by atoms with van der Waals surface area (Å²) in [5.41, 5.74) is 1.37. The van der Waals surface area contributed by atoms with Crippen LogP contribution in [0.4, 0.5) is 5.69 Å². The summed E-state index contributed by atoms with van der Waals surface area (Å²) in [5.74, 6) is -0.927. The number of nitrogens with zero attached hydrogens (tertiary/aromatic N) is 2. The summed E-state index contributed by atoms with van der Waals surface area (Å²) in [7, 11) is -3.84. The SMILES string of the molecule is CCNC(=O)[C@@H](CC)N(Cc1c(Cl)cccc1Cl)C(=O)CN(c1ccc(Cl)cc1C)S(C)(=O)=O. The molecule has 2 aromatic rings. The number of sulfonamides is 1. The molecule has 2 rings (SSSR count). The first-order valence-electron chi connectivity index (χ1n) is 10.6. The Morgan fingerprint density at radius 1 is 1.06 bits per heavy atom. The number of carbonyl (C=O) groups is 2. The molecule has 0 fully saturated rings. The molecule has 0 aliphatic carbocycles. The number of hydrogen-bond donors (Lipinski definition) is 1. The zero-order valence-electron chi connectivity index (χ0n) is 19.4. The number of halogens is 3. The van der Waals surface area contributed by atoms with Crippen LogP contribution in [0.5, 0.6) is 0 Å². The van der Waals surface area contributed by atoms with E-state index >= 15 is 0 Å². The number of hydrogen-bond acceptors (Lipinski definition) is 4. The van der Waals surface area contributed by atoms with Gasteiger partial charge >= 0.3 is 0 Å². The highest BCUT2D eigenvalue weighted by molar-refractivity contribution is 7.92. The van der Waals surface area contributed by atoms with Gasteiger partial charge in [-0.1, -0.05) is 47.8 Å². The van der Waals surface area contributed by atoms with Crippen LogP contribution < -0.4 is 9.62 Å². The van der Waals surface area contributed by atoms with Crippen molar-refractivity contribution in [2.75, 3.05) is 23.7 Å². The average Bonchev–Trinajstić information content (AvgIpc) is 2.73. The first kappa shape index (κ1) is 28.2. The summed E-state index contributed by atoms with van der Waals surface area (Å²) in [5, 5.41) is 3.85. The largest absolute Gasteiger partial charge is 0.355 e. The minimum atomic E-state index is -3.84. The molecule has 0 saturated heterocycles. The molecule has 2 amide bonds. The number of benzene rings is 2. The molecule has 34 heavy (non-hydrogen) atoms. The summed E-state index contributed by atoms with van der Waals surface area (Å²) >= 11 is 18.7. The van der Waals surface area contributed by atoms with E-state index in [0.29, 0.717) is 44.8 Å². The first-order valence-corrected chi connectivity index (χ1v) is 13.6. The second kappa shape index (κ2) is 12.1. The molecule has 0 radical (unpaired) electrons. The Morgan fingerprint density at radius 3 is 2.18 bits per heavy atom. The van der Waals surface area contributed by atoms with Crippen LogP contribution in [0.15, 0.2) is 36.4 Å². The number of anilines is 1. The van der Waals surface area contributed by atoms with Crippen molar-refractivity contribution in [1.29, 1.82) is 0 Å². The van der Waals surface area contributed by atoms with Crippen molar-refractivity contribution in [3.63, 3.8) is 0 Å². The fourth-order valence-corrected chi connectivity index (χ4v) is 5.21. The van der Waals surface area contributed by atoms with Crippen molar-refractivity contribution >= 4 is 62.3 Å². The molecule has 1 atom stereocenters. The van der Waals surface area contributed by atoms with Gasteiger partial charge in [-0.2, -0.15) is 0 Å². The molecule has 7 nitrogen and oxygen atoms in total. The van der Waals surface area contributed by atoms with Crippen LogP contribution in [0, 0.1) is 6.92 Å². The van der Waals surface area contributed by atoms with Crippen LogP contribution in [0.25, 0.3) is 0 Å². The number of likely N-dealkylation sites (N-methyl/N-ethyl adjacent to an activating group) is 1. The third-order valence-electron chi connectivity index (χ3n) is 5.23. The molecule has 0 bridgehead atoms. The Kier molecular flexibility index (Phi) is 10.1. The zero-order valence-corrected chi connectivity index (χ0v) is 22.5. The van der Waals surface area contributed by atoms with E-state index in [9.17, 15) is 18.0 Å². The van der Waals surface area contributed by atoms with Gasteiger partial charge in [0.1, 0.15) is 12.6 Å². The number of carbonyl (C=O) groups excluding carboxylic acids is 2. The highest BCUT2D eigenvalue weighted by Gasteiger charge is 2.32. The molecule has 1 N–H and O–H groups in total.